The predicted molar refractivity (Wildman–Crippen MR) is 73.6 cm³/mol. The highest BCUT2D eigenvalue weighted by Gasteiger charge is 2.16. The quantitative estimate of drug-likeness (QED) is 0.870. The van der Waals surface area contributed by atoms with E-state index in [9.17, 15) is 0 Å². The van der Waals surface area contributed by atoms with Gasteiger partial charge in [-0.25, -0.2) is 0 Å². The Bertz CT molecular complexity index is 366. The van der Waals surface area contributed by atoms with Crippen LogP contribution in [0.15, 0.2) is 18.2 Å². The molecule has 0 saturated carbocycles. The third kappa shape index (κ3) is 3.74. The largest absolute Gasteiger partial charge is 0.496 e. The van der Waals surface area contributed by atoms with Crippen molar-refractivity contribution in [2.75, 3.05) is 13.7 Å². The van der Waals surface area contributed by atoms with E-state index in [-0.39, 0.29) is 5.41 Å². The molecule has 0 fully saturated rings. The van der Waals surface area contributed by atoms with Crippen molar-refractivity contribution in [2.24, 2.45) is 11.7 Å². The number of methoxy groups -OCH3 is 1. The van der Waals surface area contributed by atoms with Crippen LogP contribution in [0.2, 0.25) is 0 Å². The van der Waals surface area contributed by atoms with Crippen molar-refractivity contribution in [3.05, 3.63) is 29.3 Å². The van der Waals surface area contributed by atoms with Crippen LogP contribution in [0.4, 0.5) is 0 Å². The van der Waals surface area contributed by atoms with Crippen LogP contribution >= 0.6 is 0 Å². The average molecular weight is 235 g/mol. The summed E-state index contributed by atoms with van der Waals surface area (Å²) in [6, 6.07) is 6.47. The molecular weight excluding hydrogens is 210 g/mol. The molecule has 1 aromatic rings. The zero-order valence-electron chi connectivity index (χ0n) is 11.7. The predicted octanol–water partition coefficient (Wildman–Crippen LogP) is 3.13. The number of hydrogen-bond acceptors (Lipinski definition) is 2. The molecule has 0 aliphatic carbocycles. The third-order valence-electron chi connectivity index (χ3n) is 3.12. The van der Waals surface area contributed by atoms with Gasteiger partial charge < -0.3 is 10.5 Å². The van der Waals surface area contributed by atoms with Gasteiger partial charge in [-0.2, -0.15) is 0 Å². The van der Waals surface area contributed by atoms with E-state index in [1.165, 1.54) is 11.1 Å². The Balaban J connectivity index is 3.07. The minimum atomic E-state index is 0.174. The van der Waals surface area contributed by atoms with Crippen LogP contribution in [0.3, 0.4) is 0 Å². The van der Waals surface area contributed by atoms with Crippen LogP contribution in [-0.4, -0.2) is 13.7 Å². The summed E-state index contributed by atoms with van der Waals surface area (Å²) in [4.78, 5) is 0. The lowest BCUT2D eigenvalue weighted by atomic mass is 9.85. The molecule has 0 radical (unpaired) electrons. The van der Waals surface area contributed by atoms with Gasteiger partial charge in [-0.05, 0) is 41.5 Å². The first-order valence-electron chi connectivity index (χ1n) is 6.26. The molecule has 0 aliphatic rings. The average Bonchev–Trinajstić information content (AvgIpc) is 2.27. The fourth-order valence-corrected chi connectivity index (χ4v) is 1.86. The third-order valence-corrected chi connectivity index (χ3v) is 3.12. The van der Waals surface area contributed by atoms with Gasteiger partial charge in [0.25, 0.3) is 0 Å². The van der Waals surface area contributed by atoms with Crippen LogP contribution < -0.4 is 10.5 Å². The molecule has 0 aliphatic heterocycles. The molecule has 1 aromatic carbocycles. The molecule has 1 atom stereocenters. The van der Waals surface area contributed by atoms with E-state index >= 15 is 0 Å². The maximum Gasteiger partial charge on any atom is 0.122 e. The highest BCUT2D eigenvalue weighted by Crippen LogP contribution is 2.29. The van der Waals surface area contributed by atoms with Gasteiger partial charge >= 0.3 is 0 Å². The fraction of sp³-hybridized carbons (Fsp3) is 0.600. The molecule has 2 N–H and O–H groups in total. The Labute approximate surface area is 105 Å². The smallest absolute Gasteiger partial charge is 0.122 e. The summed E-state index contributed by atoms with van der Waals surface area (Å²) in [5.41, 5.74) is 8.47. The van der Waals surface area contributed by atoms with Gasteiger partial charge in [-0.15, -0.1) is 0 Å². The summed E-state index contributed by atoms with van der Waals surface area (Å²) in [6.45, 7) is 9.56. The van der Waals surface area contributed by atoms with Crippen LogP contribution in [0.5, 0.6) is 5.75 Å². The highest BCUT2D eigenvalue weighted by atomic mass is 16.5. The lowest BCUT2D eigenvalue weighted by Gasteiger charge is -2.22. The van der Waals surface area contributed by atoms with Crippen molar-refractivity contribution in [1.29, 1.82) is 0 Å². The topological polar surface area (TPSA) is 35.2 Å². The Morgan fingerprint density at radius 2 is 1.94 bits per heavy atom. The van der Waals surface area contributed by atoms with Gasteiger partial charge in [0.05, 0.1) is 7.11 Å². The highest BCUT2D eigenvalue weighted by molar-refractivity contribution is 5.40. The first kappa shape index (κ1) is 14.0. The lowest BCUT2D eigenvalue weighted by molar-refractivity contribution is 0.405. The summed E-state index contributed by atoms with van der Waals surface area (Å²) < 4.78 is 5.42. The van der Waals surface area contributed by atoms with E-state index in [2.05, 4.69) is 45.9 Å². The molecule has 0 spiro atoms. The van der Waals surface area contributed by atoms with E-state index < -0.39 is 0 Å². The van der Waals surface area contributed by atoms with E-state index in [0.717, 1.165) is 12.2 Å². The molecule has 1 unspecified atom stereocenters. The summed E-state index contributed by atoms with van der Waals surface area (Å²) in [6.07, 6.45) is 0.976. The SMILES string of the molecule is COc1ccc(C(C)(C)C)cc1CC(C)CN. The van der Waals surface area contributed by atoms with E-state index in [1.54, 1.807) is 7.11 Å². The van der Waals surface area contributed by atoms with E-state index in [1.807, 2.05) is 0 Å². The summed E-state index contributed by atoms with van der Waals surface area (Å²) in [5, 5.41) is 0. The normalized spacial score (nSPS) is 13.5. The minimum absolute atomic E-state index is 0.174. The molecule has 2 nitrogen and oxygen atoms in total. The van der Waals surface area contributed by atoms with Crippen LogP contribution in [0.1, 0.15) is 38.8 Å². The van der Waals surface area contributed by atoms with Gasteiger partial charge in [-0.3, -0.25) is 0 Å². The first-order chi connectivity index (χ1) is 7.88. The van der Waals surface area contributed by atoms with E-state index in [0.29, 0.717) is 12.5 Å². The monoisotopic (exact) mass is 235 g/mol. The Morgan fingerprint density at radius 3 is 2.41 bits per heavy atom. The van der Waals surface area contributed by atoms with Crippen molar-refractivity contribution < 1.29 is 4.74 Å². The van der Waals surface area contributed by atoms with Gasteiger partial charge in [0, 0.05) is 0 Å². The zero-order valence-corrected chi connectivity index (χ0v) is 11.7. The first-order valence-corrected chi connectivity index (χ1v) is 6.26. The molecule has 17 heavy (non-hydrogen) atoms. The number of hydrogen-bond donors (Lipinski definition) is 1. The molecular formula is C15H25NO. The maximum atomic E-state index is 5.69. The zero-order chi connectivity index (χ0) is 13.1. The molecule has 0 saturated heterocycles. The molecule has 1 rings (SSSR count). The van der Waals surface area contributed by atoms with Gasteiger partial charge in [0.1, 0.15) is 5.75 Å². The molecule has 2 heteroatoms. The number of ether oxygens (including phenoxy) is 1. The second-order valence-electron chi connectivity index (χ2n) is 5.82. The fourth-order valence-electron chi connectivity index (χ4n) is 1.86. The minimum Gasteiger partial charge on any atom is -0.496 e. The van der Waals surface area contributed by atoms with Gasteiger partial charge in [0.2, 0.25) is 0 Å². The van der Waals surface area contributed by atoms with Crippen LogP contribution in [-0.2, 0) is 11.8 Å². The van der Waals surface area contributed by atoms with E-state index in [4.69, 9.17) is 10.5 Å². The Morgan fingerprint density at radius 1 is 1.29 bits per heavy atom. The summed E-state index contributed by atoms with van der Waals surface area (Å²) >= 11 is 0. The van der Waals surface area contributed by atoms with Gasteiger partial charge in [0.15, 0.2) is 0 Å². The molecule has 0 heterocycles. The number of nitrogens with two attached hydrogens (primary N) is 1. The summed E-state index contributed by atoms with van der Waals surface area (Å²) in [5.74, 6) is 1.46. The number of benzene rings is 1. The number of rotatable bonds is 4. The molecule has 0 aromatic heterocycles. The van der Waals surface area contributed by atoms with Crippen molar-refractivity contribution in [3.8, 4) is 5.75 Å². The lowest BCUT2D eigenvalue weighted by Crippen LogP contribution is -2.15. The standard InChI is InChI=1S/C15H25NO/c1-11(10-16)8-12-9-13(15(2,3)4)6-7-14(12)17-5/h6-7,9,11H,8,10,16H2,1-5H3. The second-order valence-corrected chi connectivity index (χ2v) is 5.82. The second kappa shape index (κ2) is 5.54. The molecule has 96 valence electrons. The maximum absolute atomic E-state index is 5.69. The van der Waals surface area contributed by atoms with Crippen molar-refractivity contribution in [2.45, 2.75) is 39.5 Å². The molecule has 0 bridgehead atoms. The van der Waals surface area contributed by atoms with Crippen LogP contribution in [0.25, 0.3) is 0 Å². The molecule has 0 amide bonds. The summed E-state index contributed by atoms with van der Waals surface area (Å²) in [7, 11) is 1.72. The Kier molecular flexibility index (Phi) is 4.58. The van der Waals surface area contributed by atoms with Crippen molar-refractivity contribution >= 4 is 0 Å². The van der Waals surface area contributed by atoms with Crippen molar-refractivity contribution in [3.63, 3.8) is 0 Å². The Hall–Kier alpha value is -1.02. The van der Waals surface area contributed by atoms with Crippen molar-refractivity contribution in [1.82, 2.24) is 0 Å². The van der Waals surface area contributed by atoms with Gasteiger partial charge in [-0.1, -0.05) is 39.8 Å². The van der Waals surface area contributed by atoms with Crippen LogP contribution in [0, 0.1) is 5.92 Å².